The molecule has 0 aliphatic carbocycles. The molecule has 0 bridgehead atoms. The zero-order valence-electron chi connectivity index (χ0n) is 14.6. The van der Waals surface area contributed by atoms with Crippen molar-refractivity contribution in [3.05, 3.63) is 30.1 Å². The van der Waals surface area contributed by atoms with E-state index in [1.165, 1.54) is 12.0 Å². The van der Waals surface area contributed by atoms with Crippen molar-refractivity contribution in [2.75, 3.05) is 33.4 Å². The van der Waals surface area contributed by atoms with Gasteiger partial charge in [0.2, 0.25) is 5.91 Å². The average molecular weight is 331 g/mol. The fraction of sp³-hybridized carbons (Fsp3) is 0.684. The van der Waals surface area contributed by atoms with E-state index >= 15 is 0 Å². The van der Waals surface area contributed by atoms with Gasteiger partial charge in [0.05, 0.1) is 0 Å². The Hall–Kier alpha value is -1.46. The molecule has 1 amide bonds. The number of carbonyl (C=O) groups excluding carboxylic acids is 1. The third kappa shape index (κ3) is 4.54. The van der Waals surface area contributed by atoms with Gasteiger partial charge in [-0.1, -0.05) is 6.07 Å². The summed E-state index contributed by atoms with van der Waals surface area (Å²) < 4.78 is 5.49. The first-order valence-electron chi connectivity index (χ1n) is 9.18. The van der Waals surface area contributed by atoms with E-state index in [1.807, 2.05) is 18.5 Å². The highest BCUT2D eigenvalue weighted by Gasteiger charge is 2.33. The molecular formula is C19H29N3O2. The molecule has 0 radical (unpaired) electrons. The van der Waals surface area contributed by atoms with Crippen LogP contribution in [0, 0.1) is 11.8 Å². The minimum Gasteiger partial charge on any atom is -0.381 e. The number of nitrogens with one attached hydrogen (secondary N) is 1. The summed E-state index contributed by atoms with van der Waals surface area (Å²) in [6.45, 7) is 3.53. The number of pyridine rings is 1. The Bertz CT molecular complexity index is 517. The second-order valence-electron chi connectivity index (χ2n) is 7.19. The molecule has 1 N–H and O–H groups in total. The maximum absolute atomic E-state index is 12.2. The lowest BCUT2D eigenvalue weighted by atomic mass is 9.94. The van der Waals surface area contributed by atoms with Crippen LogP contribution < -0.4 is 5.32 Å². The van der Waals surface area contributed by atoms with Crippen LogP contribution in [0.5, 0.6) is 0 Å². The number of ether oxygens (including phenoxy) is 1. The number of likely N-dealkylation sites (tertiary alicyclic amines) is 1. The van der Waals surface area contributed by atoms with Crippen LogP contribution in [0.3, 0.4) is 0 Å². The molecule has 2 aliphatic rings. The molecule has 1 aromatic rings. The normalized spacial score (nSPS) is 28.0. The first kappa shape index (κ1) is 17.4. The molecule has 5 nitrogen and oxygen atoms in total. The number of carbonyl (C=O) groups is 1. The molecule has 3 heterocycles. The van der Waals surface area contributed by atoms with Gasteiger partial charge in [-0.3, -0.25) is 14.7 Å². The smallest absolute Gasteiger partial charge is 0.220 e. The van der Waals surface area contributed by atoms with Gasteiger partial charge in [0.1, 0.15) is 0 Å². The Kier molecular flexibility index (Phi) is 6.21. The number of rotatable bonds is 6. The van der Waals surface area contributed by atoms with Crippen molar-refractivity contribution in [3.8, 4) is 0 Å². The van der Waals surface area contributed by atoms with Crippen molar-refractivity contribution in [1.82, 2.24) is 15.2 Å². The number of hydrogen-bond donors (Lipinski definition) is 1. The first-order valence-corrected chi connectivity index (χ1v) is 9.18. The number of amides is 1. The van der Waals surface area contributed by atoms with Crippen molar-refractivity contribution in [3.63, 3.8) is 0 Å². The summed E-state index contributed by atoms with van der Waals surface area (Å²) in [5.74, 6) is 1.20. The maximum Gasteiger partial charge on any atom is 0.220 e. The zero-order chi connectivity index (χ0) is 16.8. The van der Waals surface area contributed by atoms with Gasteiger partial charge in [0.15, 0.2) is 0 Å². The second kappa shape index (κ2) is 8.58. The quantitative estimate of drug-likeness (QED) is 0.870. The minimum absolute atomic E-state index is 0.181. The van der Waals surface area contributed by atoms with Crippen molar-refractivity contribution >= 4 is 5.91 Å². The second-order valence-corrected chi connectivity index (χ2v) is 7.19. The number of aromatic nitrogens is 1. The predicted molar refractivity (Wildman–Crippen MR) is 93.5 cm³/mol. The molecule has 2 aliphatic heterocycles. The molecule has 132 valence electrons. The van der Waals surface area contributed by atoms with Crippen LogP contribution in [0.15, 0.2) is 24.5 Å². The fourth-order valence-electron chi connectivity index (χ4n) is 4.02. The number of hydrogen-bond acceptors (Lipinski definition) is 4. The van der Waals surface area contributed by atoms with Crippen LogP contribution in [0.25, 0.3) is 0 Å². The molecule has 0 aromatic carbocycles. The molecule has 2 fully saturated rings. The average Bonchev–Trinajstić information content (AvgIpc) is 3.00. The molecule has 0 unspecified atom stereocenters. The summed E-state index contributed by atoms with van der Waals surface area (Å²) in [5.41, 5.74) is 1.25. The van der Waals surface area contributed by atoms with Crippen LogP contribution in [0.1, 0.15) is 43.7 Å². The summed E-state index contributed by atoms with van der Waals surface area (Å²) in [6.07, 6.45) is 8.77. The Balaban J connectivity index is 1.45. The van der Waals surface area contributed by atoms with E-state index in [1.54, 1.807) is 0 Å². The van der Waals surface area contributed by atoms with E-state index in [2.05, 4.69) is 28.3 Å². The van der Waals surface area contributed by atoms with Gasteiger partial charge in [-0.2, -0.15) is 0 Å². The van der Waals surface area contributed by atoms with Crippen LogP contribution in [0.4, 0.5) is 0 Å². The van der Waals surface area contributed by atoms with Crippen LogP contribution in [-0.4, -0.2) is 49.1 Å². The summed E-state index contributed by atoms with van der Waals surface area (Å²) >= 11 is 0. The lowest BCUT2D eigenvalue weighted by Gasteiger charge is -2.25. The molecule has 1 aromatic heterocycles. The highest BCUT2D eigenvalue weighted by atomic mass is 16.5. The molecular weight excluding hydrogens is 302 g/mol. The summed E-state index contributed by atoms with van der Waals surface area (Å²) in [6, 6.07) is 4.48. The standard InChI is InChI=1S/C19H29N3O2/c1-22-10-8-17(19(22)16-5-2-9-20-12-16)13-21-18(23)7-6-15-4-3-11-24-14-15/h2,5,9,12,15,17,19H,3-4,6-8,10-11,13-14H2,1H3,(H,21,23)/t15-,17-,19-/m0/s1. The van der Waals surface area contributed by atoms with Crippen molar-refractivity contribution in [1.29, 1.82) is 0 Å². The Morgan fingerprint density at radius 3 is 3.12 bits per heavy atom. The van der Waals surface area contributed by atoms with Crippen LogP contribution >= 0.6 is 0 Å². The van der Waals surface area contributed by atoms with Crippen molar-refractivity contribution in [2.45, 2.75) is 38.1 Å². The van der Waals surface area contributed by atoms with Gasteiger partial charge in [-0.25, -0.2) is 0 Å². The molecule has 5 heteroatoms. The molecule has 0 spiro atoms. The molecule has 3 rings (SSSR count). The third-order valence-corrected chi connectivity index (χ3v) is 5.40. The van der Waals surface area contributed by atoms with E-state index in [9.17, 15) is 4.79 Å². The monoisotopic (exact) mass is 331 g/mol. The zero-order valence-corrected chi connectivity index (χ0v) is 14.6. The maximum atomic E-state index is 12.2. The van der Waals surface area contributed by atoms with Gasteiger partial charge in [-0.05, 0) is 62.7 Å². The van der Waals surface area contributed by atoms with E-state index in [0.29, 0.717) is 24.3 Å². The van der Waals surface area contributed by atoms with E-state index in [4.69, 9.17) is 4.74 Å². The lowest BCUT2D eigenvalue weighted by molar-refractivity contribution is -0.121. The molecule has 3 atom stereocenters. The van der Waals surface area contributed by atoms with E-state index in [-0.39, 0.29) is 5.91 Å². The third-order valence-electron chi connectivity index (χ3n) is 5.40. The summed E-state index contributed by atoms with van der Waals surface area (Å²) in [5, 5.41) is 3.16. The molecule has 2 saturated heterocycles. The van der Waals surface area contributed by atoms with Gasteiger partial charge >= 0.3 is 0 Å². The van der Waals surface area contributed by atoms with Gasteiger partial charge < -0.3 is 10.1 Å². The van der Waals surface area contributed by atoms with E-state index < -0.39 is 0 Å². The Morgan fingerprint density at radius 2 is 2.38 bits per heavy atom. The predicted octanol–water partition coefficient (Wildman–Crippen LogP) is 2.40. The molecule has 24 heavy (non-hydrogen) atoms. The largest absolute Gasteiger partial charge is 0.381 e. The van der Waals surface area contributed by atoms with Gasteiger partial charge in [0.25, 0.3) is 0 Å². The van der Waals surface area contributed by atoms with Crippen LogP contribution in [-0.2, 0) is 9.53 Å². The summed E-state index contributed by atoms with van der Waals surface area (Å²) in [4.78, 5) is 18.8. The van der Waals surface area contributed by atoms with Crippen molar-refractivity contribution < 1.29 is 9.53 Å². The lowest BCUT2D eigenvalue weighted by Crippen LogP contribution is -2.32. The Morgan fingerprint density at radius 1 is 1.46 bits per heavy atom. The topological polar surface area (TPSA) is 54.5 Å². The minimum atomic E-state index is 0.181. The SMILES string of the molecule is CN1CC[C@@H](CNC(=O)CC[C@@H]2CCCOC2)[C@@H]1c1cccnc1. The van der Waals surface area contributed by atoms with E-state index in [0.717, 1.165) is 45.6 Å². The fourth-order valence-corrected chi connectivity index (χ4v) is 4.02. The van der Waals surface area contributed by atoms with Crippen LogP contribution in [0.2, 0.25) is 0 Å². The van der Waals surface area contributed by atoms with Gasteiger partial charge in [-0.15, -0.1) is 0 Å². The highest BCUT2D eigenvalue weighted by Crippen LogP contribution is 2.35. The highest BCUT2D eigenvalue weighted by molar-refractivity contribution is 5.75. The van der Waals surface area contributed by atoms with Gasteiger partial charge in [0, 0.05) is 44.6 Å². The first-order chi connectivity index (χ1) is 11.7. The molecule has 0 saturated carbocycles. The summed E-state index contributed by atoms with van der Waals surface area (Å²) in [7, 11) is 2.16. The Labute approximate surface area is 144 Å². The number of nitrogens with zero attached hydrogens (tertiary/aromatic N) is 2. The van der Waals surface area contributed by atoms with Crippen molar-refractivity contribution in [2.24, 2.45) is 11.8 Å².